The van der Waals surface area contributed by atoms with Crippen molar-refractivity contribution in [1.82, 2.24) is 19.7 Å². The zero-order chi connectivity index (χ0) is 25.7. The summed E-state index contributed by atoms with van der Waals surface area (Å²) in [5.41, 5.74) is 6.52. The standard InChI is InChI=1S/C30H32N4O3/c1-18-26(19(2)37-33-18)22-14-25-27(31-16-22)24-15-23(30(3,4)35)17-32-29(24)34(25)28(20-8-6-5-7-9-20)21-10-12-36-13-11-21/h5-9,14-17,21,28,35H,10-13H2,1-4H3/t28-/m1/s1. The van der Waals surface area contributed by atoms with Crippen LogP contribution in [0.2, 0.25) is 0 Å². The van der Waals surface area contributed by atoms with E-state index in [2.05, 4.69) is 46.1 Å². The Hall–Kier alpha value is -3.55. The lowest BCUT2D eigenvalue weighted by atomic mass is 9.86. The third-order valence-electron chi connectivity index (χ3n) is 7.64. The molecule has 1 aliphatic heterocycles. The molecule has 5 aromatic rings. The Balaban J connectivity index is 1.68. The molecule has 7 nitrogen and oxygen atoms in total. The van der Waals surface area contributed by atoms with Gasteiger partial charge in [0.15, 0.2) is 0 Å². The fourth-order valence-electron chi connectivity index (χ4n) is 5.74. The zero-order valence-corrected chi connectivity index (χ0v) is 21.7. The Morgan fingerprint density at radius 3 is 2.46 bits per heavy atom. The van der Waals surface area contributed by atoms with E-state index >= 15 is 0 Å². The van der Waals surface area contributed by atoms with Gasteiger partial charge in [0.05, 0.1) is 28.4 Å². The van der Waals surface area contributed by atoms with E-state index in [-0.39, 0.29) is 6.04 Å². The van der Waals surface area contributed by atoms with Gasteiger partial charge in [-0.15, -0.1) is 0 Å². The predicted octanol–water partition coefficient (Wildman–Crippen LogP) is 6.10. The number of hydrogen-bond acceptors (Lipinski definition) is 6. The van der Waals surface area contributed by atoms with Crippen molar-refractivity contribution in [3.8, 4) is 11.1 Å². The number of aromatic nitrogens is 4. The molecule has 0 spiro atoms. The summed E-state index contributed by atoms with van der Waals surface area (Å²) in [5, 5.41) is 15.9. The molecule has 1 fully saturated rings. The van der Waals surface area contributed by atoms with E-state index in [4.69, 9.17) is 19.2 Å². The third kappa shape index (κ3) is 4.12. The SMILES string of the molecule is Cc1noc(C)c1-c1cnc2c3cc(C(C)(C)O)cnc3n([C@H](c3ccccc3)C3CCOCC3)c2c1. The number of nitrogens with zero attached hydrogens (tertiary/aromatic N) is 4. The van der Waals surface area contributed by atoms with E-state index in [9.17, 15) is 5.11 Å². The van der Waals surface area contributed by atoms with E-state index in [0.717, 1.165) is 76.3 Å². The Bertz CT molecular complexity index is 1550. The molecule has 0 unspecified atom stereocenters. The maximum atomic E-state index is 10.8. The molecule has 1 atom stereocenters. The van der Waals surface area contributed by atoms with Gasteiger partial charge in [-0.1, -0.05) is 35.5 Å². The second kappa shape index (κ2) is 9.08. The van der Waals surface area contributed by atoms with Crippen molar-refractivity contribution in [3.05, 3.63) is 77.4 Å². The Morgan fingerprint density at radius 1 is 1.03 bits per heavy atom. The lowest BCUT2D eigenvalue weighted by Gasteiger charge is -2.32. The summed E-state index contributed by atoms with van der Waals surface area (Å²) in [4.78, 5) is 9.93. The van der Waals surface area contributed by atoms with Gasteiger partial charge in [0.25, 0.3) is 0 Å². The molecule has 1 aliphatic rings. The van der Waals surface area contributed by atoms with Crippen LogP contribution in [0.25, 0.3) is 33.2 Å². The Kier molecular flexibility index (Phi) is 5.85. The second-order valence-corrected chi connectivity index (χ2v) is 10.6. The minimum Gasteiger partial charge on any atom is -0.386 e. The van der Waals surface area contributed by atoms with Crippen LogP contribution in [0.4, 0.5) is 0 Å². The first kappa shape index (κ1) is 23.8. The zero-order valence-electron chi connectivity index (χ0n) is 21.7. The predicted molar refractivity (Wildman–Crippen MR) is 143 cm³/mol. The molecule has 0 amide bonds. The summed E-state index contributed by atoms with van der Waals surface area (Å²) in [6, 6.07) is 15.0. The van der Waals surface area contributed by atoms with Gasteiger partial charge < -0.3 is 18.9 Å². The van der Waals surface area contributed by atoms with Crippen LogP contribution in [0.5, 0.6) is 0 Å². The van der Waals surface area contributed by atoms with E-state index < -0.39 is 5.60 Å². The van der Waals surface area contributed by atoms with Crippen LogP contribution in [0.3, 0.4) is 0 Å². The van der Waals surface area contributed by atoms with Gasteiger partial charge in [0, 0.05) is 47.7 Å². The summed E-state index contributed by atoms with van der Waals surface area (Å²) in [6.07, 6.45) is 5.62. The molecule has 6 rings (SSSR count). The first-order chi connectivity index (χ1) is 17.8. The molecule has 5 heterocycles. The molecular weight excluding hydrogens is 464 g/mol. The van der Waals surface area contributed by atoms with Gasteiger partial charge in [-0.2, -0.15) is 0 Å². The molecule has 1 saturated heterocycles. The maximum Gasteiger partial charge on any atom is 0.143 e. The van der Waals surface area contributed by atoms with Crippen LogP contribution in [0.15, 0.2) is 59.4 Å². The van der Waals surface area contributed by atoms with Crippen molar-refractivity contribution in [2.24, 2.45) is 5.92 Å². The summed E-state index contributed by atoms with van der Waals surface area (Å²) in [5.74, 6) is 1.15. The quantitative estimate of drug-likeness (QED) is 0.316. The highest BCUT2D eigenvalue weighted by atomic mass is 16.5. The largest absolute Gasteiger partial charge is 0.386 e. The van der Waals surface area contributed by atoms with Crippen LogP contribution in [-0.4, -0.2) is 38.0 Å². The van der Waals surface area contributed by atoms with Crippen LogP contribution in [-0.2, 0) is 10.3 Å². The van der Waals surface area contributed by atoms with E-state index in [1.807, 2.05) is 26.1 Å². The van der Waals surface area contributed by atoms with E-state index in [0.29, 0.717) is 5.92 Å². The van der Waals surface area contributed by atoms with Crippen molar-refractivity contribution in [1.29, 1.82) is 0 Å². The van der Waals surface area contributed by atoms with Gasteiger partial charge in [0.2, 0.25) is 0 Å². The molecule has 7 heteroatoms. The van der Waals surface area contributed by atoms with Gasteiger partial charge in [-0.3, -0.25) is 4.98 Å². The number of pyridine rings is 2. The molecule has 37 heavy (non-hydrogen) atoms. The van der Waals surface area contributed by atoms with Crippen LogP contribution in [0, 0.1) is 19.8 Å². The lowest BCUT2D eigenvalue weighted by molar-refractivity contribution is 0.0552. The topological polar surface area (TPSA) is 86.2 Å². The smallest absolute Gasteiger partial charge is 0.143 e. The van der Waals surface area contributed by atoms with Crippen LogP contribution in [0.1, 0.15) is 55.3 Å². The van der Waals surface area contributed by atoms with Crippen molar-refractivity contribution < 1.29 is 14.4 Å². The van der Waals surface area contributed by atoms with E-state index in [1.54, 1.807) is 20.0 Å². The molecule has 0 saturated carbocycles. The van der Waals surface area contributed by atoms with Crippen molar-refractivity contribution in [2.45, 2.75) is 52.2 Å². The normalized spacial score (nSPS) is 16.0. The first-order valence-corrected chi connectivity index (χ1v) is 12.9. The van der Waals surface area contributed by atoms with Gasteiger partial charge in [-0.25, -0.2) is 4.98 Å². The average molecular weight is 497 g/mol. The number of aryl methyl sites for hydroxylation is 2. The first-order valence-electron chi connectivity index (χ1n) is 12.9. The molecular formula is C30H32N4O3. The van der Waals surface area contributed by atoms with E-state index in [1.165, 1.54) is 5.56 Å². The fraction of sp³-hybridized carbons (Fsp3) is 0.367. The molecule has 4 aromatic heterocycles. The monoisotopic (exact) mass is 496 g/mol. The summed E-state index contributed by atoms with van der Waals surface area (Å²) >= 11 is 0. The summed E-state index contributed by atoms with van der Waals surface area (Å²) < 4.78 is 13.6. The Labute approximate surface area is 216 Å². The summed E-state index contributed by atoms with van der Waals surface area (Å²) in [7, 11) is 0. The van der Waals surface area contributed by atoms with Crippen LogP contribution < -0.4 is 0 Å². The fourth-order valence-corrected chi connectivity index (χ4v) is 5.74. The Morgan fingerprint density at radius 2 is 1.78 bits per heavy atom. The van der Waals surface area contributed by atoms with Crippen molar-refractivity contribution >= 4 is 22.1 Å². The molecule has 1 aromatic carbocycles. The molecule has 190 valence electrons. The number of ether oxygens (including phenoxy) is 1. The highest BCUT2D eigenvalue weighted by molar-refractivity contribution is 6.05. The molecule has 0 aliphatic carbocycles. The highest BCUT2D eigenvalue weighted by Gasteiger charge is 2.31. The van der Waals surface area contributed by atoms with Gasteiger partial charge in [-0.05, 0) is 64.2 Å². The van der Waals surface area contributed by atoms with Gasteiger partial charge in [0.1, 0.15) is 11.4 Å². The highest BCUT2D eigenvalue weighted by Crippen LogP contribution is 2.41. The number of hydrogen-bond donors (Lipinski definition) is 1. The minimum absolute atomic E-state index is 0.0623. The second-order valence-electron chi connectivity index (χ2n) is 10.6. The number of benzene rings is 1. The van der Waals surface area contributed by atoms with Crippen molar-refractivity contribution in [3.63, 3.8) is 0 Å². The minimum atomic E-state index is -1.01. The van der Waals surface area contributed by atoms with Crippen LogP contribution >= 0.6 is 0 Å². The third-order valence-corrected chi connectivity index (χ3v) is 7.64. The maximum absolute atomic E-state index is 10.8. The lowest BCUT2D eigenvalue weighted by Crippen LogP contribution is -2.27. The van der Waals surface area contributed by atoms with Crippen molar-refractivity contribution in [2.75, 3.05) is 13.2 Å². The molecule has 1 N–H and O–H groups in total. The number of aliphatic hydroxyl groups is 1. The molecule has 0 radical (unpaired) electrons. The average Bonchev–Trinajstić information content (AvgIpc) is 3.40. The summed E-state index contributed by atoms with van der Waals surface area (Å²) in [6.45, 7) is 8.96. The number of rotatable bonds is 5. The number of fused-ring (bicyclic) bond motifs is 3. The van der Waals surface area contributed by atoms with Gasteiger partial charge >= 0.3 is 0 Å². The molecule has 0 bridgehead atoms.